The highest BCUT2D eigenvalue weighted by Gasteiger charge is 2.37. The number of aromatic nitrogens is 5. The monoisotopic (exact) mass is 424 g/mol. The topological polar surface area (TPSA) is 79.7 Å². The molecule has 152 valence electrons. The molecule has 0 bridgehead atoms. The molecule has 3 aromatic rings. The molecule has 29 heavy (non-hydrogen) atoms. The molecule has 1 aromatic carbocycles. The van der Waals surface area contributed by atoms with Crippen molar-refractivity contribution in [2.24, 2.45) is 0 Å². The normalized spacial score (nSPS) is 16.9. The number of amides is 1. The Morgan fingerprint density at radius 1 is 1.24 bits per heavy atom. The van der Waals surface area contributed by atoms with E-state index >= 15 is 0 Å². The fraction of sp³-hybridized carbons (Fsp3) is 0.333. The molecule has 3 heterocycles. The maximum atomic E-state index is 13.2. The molecule has 0 unspecified atom stereocenters. The van der Waals surface area contributed by atoms with E-state index in [4.69, 9.17) is 11.6 Å². The zero-order valence-corrected chi connectivity index (χ0v) is 16.0. The SMILES string of the molecule is CC[C@H]1Cn2c(nnc2-c2cc[nH]n2)C(=O)N1Cc1cccc(C(F)(F)F)c1Cl. The van der Waals surface area contributed by atoms with Crippen LogP contribution < -0.4 is 0 Å². The van der Waals surface area contributed by atoms with E-state index in [1.54, 1.807) is 16.8 Å². The number of aromatic amines is 1. The van der Waals surface area contributed by atoms with Crippen LogP contribution in [-0.2, 0) is 19.3 Å². The molecule has 0 spiro atoms. The first kappa shape index (κ1) is 19.4. The zero-order chi connectivity index (χ0) is 20.8. The van der Waals surface area contributed by atoms with E-state index < -0.39 is 22.7 Å². The van der Waals surface area contributed by atoms with Crippen LogP contribution in [0.1, 0.15) is 35.1 Å². The van der Waals surface area contributed by atoms with Gasteiger partial charge >= 0.3 is 6.18 Å². The minimum absolute atomic E-state index is 0.0509. The maximum Gasteiger partial charge on any atom is 0.417 e. The number of H-pyrrole nitrogens is 1. The summed E-state index contributed by atoms with van der Waals surface area (Å²) in [6.45, 7) is 2.26. The quantitative estimate of drug-likeness (QED) is 0.691. The second-order valence-corrected chi connectivity index (χ2v) is 7.07. The van der Waals surface area contributed by atoms with E-state index in [9.17, 15) is 18.0 Å². The fourth-order valence-electron chi connectivity index (χ4n) is 3.47. The fourth-order valence-corrected chi connectivity index (χ4v) is 3.76. The van der Waals surface area contributed by atoms with Crippen LogP contribution in [0.25, 0.3) is 11.5 Å². The van der Waals surface area contributed by atoms with Crippen LogP contribution in [-0.4, -0.2) is 41.8 Å². The van der Waals surface area contributed by atoms with Gasteiger partial charge in [0.15, 0.2) is 5.82 Å². The van der Waals surface area contributed by atoms with Crippen LogP contribution in [0.2, 0.25) is 5.02 Å². The molecule has 0 saturated carbocycles. The van der Waals surface area contributed by atoms with E-state index in [1.165, 1.54) is 17.0 Å². The number of alkyl halides is 3. The number of hydrogen-bond donors (Lipinski definition) is 1. The first-order valence-corrected chi connectivity index (χ1v) is 9.28. The number of benzene rings is 1. The van der Waals surface area contributed by atoms with E-state index in [1.807, 2.05) is 6.92 Å². The first-order valence-electron chi connectivity index (χ1n) is 8.90. The molecule has 1 atom stereocenters. The third-order valence-electron chi connectivity index (χ3n) is 4.96. The van der Waals surface area contributed by atoms with E-state index in [2.05, 4.69) is 20.4 Å². The zero-order valence-electron chi connectivity index (χ0n) is 15.2. The Balaban J connectivity index is 1.69. The number of halogens is 4. The Morgan fingerprint density at radius 3 is 2.66 bits per heavy atom. The molecule has 0 saturated heterocycles. The van der Waals surface area contributed by atoms with Crippen LogP contribution >= 0.6 is 11.6 Å². The summed E-state index contributed by atoms with van der Waals surface area (Å²) in [5.74, 6) is 0.173. The summed E-state index contributed by atoms with van der Waals surface area (Å²) in [6, 6.07) is 5.17. The lowest BCUT2D eigenvalue weighted by atomic mass is 10.1. The van der Waals surface area contributed by atoms with Gasteiger partial charge in [-0.05, 0) is 24.1 Å². The highest BCUT2D eigenvalue weighted by molar-refractivity contribution is 6.32. The Labute approximate surface area is 168 Å². The van der Waals surface area contributed by atoms with Gasteiger partial charge in [-0.25, -0.2) is 0 Å². The smallest absolute Gasteiger partial charge is 0.327 e. The predicted molar refractivity (Wildman–Crippen MR) is 98.0 cm³/mol. The lowest BCUT2D eigenvalue weighted by Gasteiger charge is -2.35. The Kier molecular flexibility index (Phi) is 4.81. The van der Waals surface area contributed by atoms with Crippen LogP contribution in [0.5, 0.6) is 0 Å². The molecule has 0 radical (unpaired) electrons. The summed E-state index contributed by atoms with van der Waals surface area (Å²) in [5, 5.41) is 14.4. The second-order valence-electron chi connectivity index (χ2n) is 6.69. The summed E-state index contributed by atoms with van der Waals surface area (Å²) in [4.78, 5) is 14.6. The Hall–Kier alpha value is -2.88. The molecular formula is C18H16ClF3N6O. The third-order valence-corrected chi connectivity index (χ3v) is 5.41. The molecule has 11 heteroatoms. The summed E-state index contributed by atoms with van der Waals surface area (Å²) in [6.07, 6.45) is -2.33. The van der Waals surface area contributed by atoms with Crippen molar-refractivity contribution in [3.8, 4) is 11.5 Å². The van der Waals surface area contributed by atoms with Crippen molar-refractivity contribution in [3.05, 3.63) is 52.4 Å². The van der Waals surface area contributed by atoms with Gasteiger partial charge in [0, 0.05) is 19.3 Å². The van der Waals surface area contributed by atoms with Crippen molar-refractivity contribution in [1.82, 2.24) is 29.9 Å². The molecule has 1 aliphatic heterocycles. The van der Waals surface area contributed by atoms with Crippen molar-refractivity contribution >= 4 is 17.5 Å². The van der Waals surface area contributed by atoms with Crippen molar-refractivity contribution < 1.29 is 18.0 Å². The number of nitrogens with one attached hydrogen (secondary N) is 1. The third kappa shape index (κ3) is 3.37. The standard InChI is InChI=1S/C18H16ClF3N6O/c1-2-11-9-28-15(13-6-7-23-24-13)25-26-16(28)17(29)27(11)8-10-4-3-5-12(14(10)19)18(20,21)22/h3-7,11H,2,8-9H2,1H3,(H,23,24)/t11-/m0/s1. The summed E-state index contributed by atoms with van der Waals surface area (Å²) < 4.78 is 41.2. The first-order chi connectivity index (χ1) is 13.8. The highest BCUT2D eigenvalue weighted by atomic mass is 35.5. The van der Waals surface area contributed by atoms with E-state index in [-0.39, 0.29) is 24.0 Å². The summed E-state index contributed by atoms with van der Waals surface area (Å²) >= 11 is 6.02. The summed E-state index contributed by atoms with van der Waals surface area (Å²) in [5.41, 5.74) is -0.132. The molecule has 1 amide bonds. The second kappa shape index (κ2) is 7.18. The average Bonchev–Trinajstić information content (AvgIpc) is 3.33. The maximum absolute atomic E-state index is 13.2. The number of fused-ring (bicyclic) bond motifs is 1. The molecule has 1 aliphatic rings. The van der Waals surface area contributed by atoms with Gasteiger partial charge in [-0.2, -0.15) is 18.3 Å². The molecule has 4 rings (SSSR count). The molecule has 0 aliphatic carbocycles. The number of hydrogen-bond acceptors (Lipinski definition) is 4. The minimum atomic E-state index is -4.57. The molecule has 0 fully saturated rings. The molecule has 7 nitrogen and oxygen atoms in total. The van der Waals surface area contributed by atoms with Crippen molar-refractivity contribution in [1.29, 1.82) is 0 Å². The number of carbonyl (C=O) groups excluding carboxylic acids is 1. The van der Waals surface area contributed by atoms with Gasteiger partial charge in [0.1, 0.15) is 5.69 Å². The van der Waals surface area contributed by atoms with Crippen LogP contribution in [0.3, 0.4) is 0 Å². The molecular weight excluding hydrogens is 409 g/mol. The molecule has 1 N–H and O–H groups in total. The van der Waals surface area contributed by atoms with Gasteiger partial charge in [0.2, 0.25) is 5.82 Å². The summed E-state index contributed by atoms with van der Waals surface area (Å²) in [7, 11) is 0. The van der Waals surface area contributed by atoms with Crippen LogP contribution in [0.15, 0.2) is 30.5 Å². The van der Waals surface area contributed by atoms with Gasteiger partial charge in [0.05, 0.1) is 16.6 Å². The van der Waals surface area contributed by atoms with Gasteiger partial charge < -0.3 is 4.90 Å². The van der Waals surface area contributed by atoms with Crippen LogP contribution in [0.4, 0.5) is 13.2 Å². The van der Waals surface area contributed by atoms with Crippen molar-refractivity contribution in [2.45, 2.75) is 38.7 Å². The number of rotatable bonds is 4. The van der Waals surface area contributed by atoms with Crippen molar-refractivity contribution in [2.75, 3.05) is 0 Å². The lowest BCUT2D eigenvalue weighted by molar-refractivity contribution is -0.137. The largest absolute Gasteiger partial charge is 0.417 e. The van der Waals surface area contributed by atoms with Gasteiger partial charge in [-0.3, -0.25) is 14.5 Å². The number of carbonyl (C=O) groups is 1. The van der Waals surface area contributed by atoms with Gasteiger partial charge in [0.25, 0.3) is 5.91 Å². The molecule has 2 aromatic heterocycles. The minimum Gasteiger partial charge on any atom is -0.327 e. The predicted octanol–water partition coefficient (Wildman–Crippen LogP) is 3.78. The van der Waals surface area contributed by atoms with E-state index in [0.29, 0.717) is 24.5 Å². The van der Waals surface area contributed by atoms with Crippen molar-refractivity contribution in [3.63, 3.8) is 0 Å². The average molecular weight is 425 g/mol. The van der Waals surface area contributed by atoms with Gasteiger partial charge in [-0.1, -0.05) is 30.7 Å². The van der Waals surface area contributed by atoms with Gasteiger partial charge in [-0.15, -0.1) is 10.2 Å². The van der Waals surface area contributed by atoms with E-state index in [0.717, 1.165) is 6.07 Å². The van der Waals surface area contributed by atoms with Crippen LogP contribution in [0, 0.1) is 0 Å². The number of nitrogens with zero attached hydrogens (tertiary/aromatic N) is 5. The Bertz CT molecular complexity index is 1050. The highest BCUT2D eigenvalue weighted by Crippen LogP contribution is 2.37. The lowest BCUT2D eigenvalue weighted by Crippen LogP contribution is -2.47. The Morgan fingerprint density at radius 2 is 2.00 bits per heavy atom.